The molecule has 0 aromatic heterocycles. The fraction of sp³-hybridized carbons (Fsp3) is 1.00. The maximum atomic E-state index is 8.45. The lowest BCUT2D eigenvalue weighted by molar-refractivity contribution is 0.269. The van der Waals surface area contributed by atoms with Gasteiger partial charge in [-0.2, -0.15) is 0 Å². The van der Waals surface area contributed by atoms with Crippen LogP contribution in [-0.2, 0) is 0 Å². The number of rotatable bonds is 2. The van der Waals surface area contributed by atoms with Crippen molar-refractivity contribution >= 4 is 12.4 Å². The van der Waals surface area contributed by atoms with Crippen LogP contribution in [0.15, 0.2) is 0 Å². The van der Waals surface area contributed by atoms with Crippen molar-refractivity contribution < 1.29 is 5.11 Å². The van der Waals surface area contributed by atoms with Gasteiger partial charge in [0.1, 0.15) is 0 Å². The van der Waals surface area contributed by atoms with Gasteiger partial charge in [-0.15, -0.1) is 12.4 Å². The second-order valence-corrected chi connectivity index (χ2v) is 2.17. The SMILES string of the molecule is Cl.NC[C@H]1C[C@H]1CO. The van der Waals surface area contributed by atoms with Crippen LogP contribution in [-0.4, -0.2) is 18.3 Å². The highest BCUT2D eigenvalue weighted by Gasteiger charge is 2.34. The second kappa shape index (κ2) is 3.28. The van der Waals surface area contributed by atoms with Crippen molar-refractivity contribution in [2.45, 2.75) is 6.42 Å². The van der Waals surface area contributed by atoms with E-state index < -0.39 is 0 Å². The van der Waals surface area contributed by atoms with Crippen molar-refractivity contribution in [3.05, 3.63) is 0 Å². The molecule has 1 saturated carbocycles. The molecule has 2 atom stereocenters. The van der Waals surface area contributed by atoms with Gasteiger partial charge >= 0.3 is 0 Å². The van der Waals surface area contributed by atoms with Crippen molar-refractivity contribution in [2.24, 2.45) is 17.6 Å². The van der Waals surface area contributed by atoms with E-state index in [1.807, 2.05) is 0 Å². The zero-order valence-corrected chi connectivity index (χ0v) is 5.53. The van der Waals surface area contributed by atoms with E-state index >= 15 is 0 Å². The molecule has 1 aliphatic rings. The number of nitrogens with two attached hydrogens (primary N) is 1. The van der Waals surface area contributed by atoms with E-state index in [4.69, 9.17) is 10.8 Å². The first-order valence-electron chi connectivity index (χ1n) is 2.69. The molecule has 0 heterocycles. The summed E-state index contributed by atoms with van der Waals surface area (Å²) in [6, 6.07) is 0. The normalized spacial score (nSPS) is 33.8. The Labute approximate surface area is 55.5 Å². The summed E-state index contributed by atoms with van der Waals surface area (Å²) >= 11 is 0. The summed E-state index contributed by atoms with van der Waals surface area (Å²) in [5, 5.41) is 8.45. The Balaban J connectivity index is 0.000000490. The molecule has 0 unspecified atom stereocenters. The largest absolute Gasteiger partial charge is 0.396 e. The first-order chi connectivity index (χ1) is 3.38. The van der Waals surface area contributed by atoms with Crippen LogP contribution < -0.4 is 5.73 Å². The maximum Gasteiger partial charge on any atom is 0.0462 e. The molecule has 0 aromatic rings. The predicted molar refractivity (Wildman–Crippen MR) is 35.0 cm³/mol. The van der Waals surface area contributed by atoms with Gasteiger partial charge in [-0.05, 0) is 24.8 Å². The molecule has 0 amide bonds. The third-order valence-electron chi connectivity index (χ3n) is 1.61. The summed E-state index contributed by atoms with van der Waals surface area (Å²) in [5.74, 6) is 1.19. The number of halogens is 1. The number of hydrogen-bond donors (Lipinski definition) is 2. The molecule has 0 saturated heterocycles. The van der Waals surface area contributed by atoms with Crippen molar-refractivity contribution in [3.8, 4) is 0 Å². The summed E-state index contributed by atoms with van der Waals surface area (Å²) < 4.78 is 0. The summed E-state index contributed by atoms with van der Waals surface area (Å²) in [6.07, 6.45) is 1.15. The quantitative estimate of drug-likeness (QED) is 0.563. The van der Waals surface area contributed by atoms with Crippen molar-refractivity contribution in [2.75, 3.05) is 13.2 Å². The van der Waals surface area contributed by atoms with Crippen molar-refractivity contribution in [1.82, 2.24) is 0 Å². The zero-order valence-electron chi connectivity index (χ0n) is 4.71. The van der Waals surface area contributed by atoms with E-state index in [0.717, 1.165) is 13.0 Å². The van der Waals surface area contributed by atoms with Crippen LogP contribution >= 0.6 is 12.4 Å². The number of aliphatic hydroxyl groups excluding tert-OH is 1. The van der Waals surface area contributed by atoms with Gasteiger partial charge in [-0.1, -0.05) is 0 Å². The van der Waals surface area contributed by atoms with E-state index in [9.17, 15) is 0 Å². The van der Waals surface area contributed by atoms with Crippen molar-refractivity contribution in [1.29, 1.82) is 0 Å². The van der Waals surface area contributed by atoms with Crippen LogP contribution in [0.25, 0.3) is 0 Å². The zero-order chi connectivity index (χ0) is 5.28. The molecule has 0 aromatic carbocycles. The molecule has 2 nitrogen and oxygen atoms in total. The molecule has 0 spiro atoms. The summed E-state index contributed by atoms with van der Waals surface area (Å²) in [6.45, 7) is 1.09. The Hall–Kier alpha value is 0.210. The summed E-state index contributed by atoms with van der Waals surface area (Å²) in [7, 11) is 0. The van der Waals surface area contributed by atoms with Crippen LogP contribution in [0.2, 0.25) is 0 Å². The van der Waals surface area contributed by atoms with Crippen LogP contribution in [0, 0.1) is 11.8 Å². The molecule has 8 heavy (non-hydrogen) atoms. The lowest BCUT2D eigenvalue weighted by Crippen LogP contribution is -2.03. The van der Waals surface area contributed by atoms with Crippen LogP contribution in [0.5, 0.6) is 0 Å². The van der Waals surface area contributed by atoms with E-state index in [-0.39, 0.29) is 12.4 Å². The van der Waals surface area contributed by atoms with Gasteiger partial charge < -0.3 is 10.8 Å². The third kappa shape index (κ3) is 1.62. The molecular formula is C5H12ClNO. The first-order valence-corrected chi connectivity index (χ1v) is 2.69. The molecule has 0 radical (unpaired) electrons. The summed E-state index contributed by atoms with van der Waals surface area (Å²) in [4.78, 5) is 0. The average molecular weight is 138 g/mol. The molecule has 1 aliphatic carbocycles. The molecular weight excluding hydrogens is 126 g/mol. The Bertz CT molecular complexity index is 61.4. The monoisotopic (exact) mass is 137 g/mol. The van der Waals surface area contributed by atoms with Gasteiger partial charge in [0.25, 0.3) is 0 Å². The Morgan fingerprint density at radius 1 is 1.50 bits per heavy atom. The van der Waals surface area contributed by atoms with Crippen LogP contribution in [0.1, 0.15) is 6.42 Å². The van der Waals surface area contributed by atoms with Gasteiger partial charge in [0, 0.05) is 6.61 Å². The highest BCUT2D eigenvalue weighted by Crippen LogP contribution is 2.36. The first kappa shape index (κ1) is 8.21. The highest BCUT2D eigenvalue weighted by atomic mass is 35.5. The predicted octanol–water partition coefficient (Wildman–Crippen LogP) is -0.00470. The maximum absolute atomic E-state index is 8.45. The minimum Gasteiger partial charge on any atom is -0.396 e. The second-order valence-electron chi connectivity index (χ2n) is 2.17. The van der Waals surface area contributed by atoms with Gasteiger partial charge in [0.15, 0.2) is 0 Å². The fourth-order valence-corrected chi connectivity index (χ4v) is 0.823. The Morgan fingerprint density at radius 2 is 2.12 bits per heavy atom. The van der Waals surface area contributed by atoms with Crippen LogP contribution in [0.3, 0.4) is 0 Å². The van der Waals surface area contributed by atoms with Crippen molar-refractivity contribution in [3.63, 3.8) is 0 Å². The smallest absolute Gasteiger partial charge is 0.0462 e. The molecule has 0 aliphatic heterocycles. The lowest BCUT2D eigenvalue weighted by atomic mass is 10.3. The van der Waals surface area contributed by atoms with Gasteiger partial charge in [-0.25, -0.2) is 0 Å². The van der Waals surface area contributed by atoms with Gasteiger partial charge in [0.05, 0.1) is 0 Å². The molecule has 3 heteroatoms. The van der Waals surface area contributed by atoms with E-state index in [2.05, 4.69) is 0 Å². The highest BCUT2D eigenvalue weighted by molar-refractivity contribution is 5.85. The minimum absolute atomic E-state index is 0. The van der Waals surface area contributed by atoms with Gasteiger partial charge in [0.2, 0.25) is 0 Å². The van der Waals surface area contributed by atoms with E-state index in [1.54, 1.807) is 0 Å². The standard InChI is InChI=1S/C5H11NO.ClH/c6-2-4-1-5(4)3-7;/h4-5,7H,1-3,6H2;1H/t4-,5+;/m1./s1. The molecule has 1 rings (SSSR count). The van der Waals surface area contributed by atoms with Gasteiger partial charge in [-0.3, -0.25) is 0 Å². The topological polar surface area (TPSA) is 46.2 Å². The summed E-state index contributed by atoms with van der Waals surface area (Å²) in [5.41, 5.74) is 5.29. The molecule has 0 bridgehead atoms. The number of aliphatic hydroxyl groups is 1. The third-order valence-corrected chi connectivity index (χ3v) is 1.61. The average Bonchev–Trinajstić information content (AvgIpc) is 2.43. The number of hydrogen-bond acceptors (Lipinski definition) is 2. The van der Waals surface area contributed by atoms with E-state index in [0.29, 0.717) is 18.4 Å². The molecule has 1 fully saturated rings. The molecule has 3 N–H and O–H groups in total. The lowest BCUT2D eigenvalue weighted by Gasteiger charge is -1.85. The van der Waals surface area contributed by atoms with Crippen LogP contribution in [0.4, 0.5) is 0 Å². The Morgan fingerprint density at radius 3 is 2.25 bits per heavy atom. The Kier molecular flexibility index (Phi) is 3.36. The fourth-order valence-electron chi connectivity index (χ4n) is 0.823. The minimum atomic E-state index is 0. The molecule has 50 valence electrons. The van der Waals surface area contributed by atoms with E-state index in [1.165, 1.54) is 0 Å².